The average molecular weight is 356 g/mol. The van der Waals surface area contributed by atoms with E-state index in [0.717, 1.165) is 25.7 Å². The summed E-state index contributed by atoms with van der Waals surface area (Å²) in [4.78, 5) is 24.4. The highest BCUT2D eigenvalue weighted by molar-refractivity contribution is 6.35. The standard InChI is InChI=1S/C16H19Cl2N3O2/c17-9-5-6-10(18)13(7-9)20-15(22)8-14-16(23)21-12-4-2-1-3-11(12)19-14/h5-7,11-12,14,19H,1-4,8H2,(H,20,22)(H,21,23)/t11-,12+,14+/m0/s1. The van der Waals surface area contributed by atoms with Crippen molar-refractivity contribution in [2.75, 3.05) is 5.32 Å². The summed E-state index contributed by atoms with van der Waals surface area (Å²) in [5.41, 5.74) is 0.455. The van der Waals surface area contributed by atoms with E-state index in [-0.39, 0.29) is 30.3 Å². The number of benzene rings is 1. The maximum Gasteiger partial charge on any atom is 0.237 e. The van der Waals surface area contributed by atoms with Crippen molar-refractivity contribution >= 4 is 40.7 Å². The molecule has 2 amide bonds. The number of carbonyl (C=O) groups is 2. The van der Waals surface area contributed by atoms with Crippen molar-refractivity contribution in [1.82, 2.24) is 10.6 Å². The van der Waals surface area contributed by atoms with E-state index in [1.807, 2.05) is 0 Å². The lowest BCUT2D eigenvalue weighted by atomic mass is 9.87. The number of halogens is 2. The van der Waals surface area contributed by atoms with Crippen LogP contribution in [0.3, 0.4) is 0 Å². The van der Waals surface area contributed by atoms with Crippen LogP contribution in [0.4, 0.5) is 5.69 Å². The molecule has 1 aliphatic carbocycles. The summed E-state index contributed by atoms with van der Waals surface area (Å²) in [6.07, 6.45) is 4.39. The quantitative estimate of drug-likeness (QED) is 0.780. The van der Waals surface area contributed by atoms with Gasteiger partial charge in [-0.05, 0) is 31.0 Å². The zero-order valence-electron chi connectivity index (χ0n) is 12.6. The van der Waals surface area contributed by atoms with Crippen LogP contribution < -0.4 is 16.0 Å². The Morgan fingerprint density at radius 1 is 1.22 bits per heavy atom. The van der Waals surface area contributed by atoms with Crippen LogP contribution >= 0.6 is 23.2 Å². The van der Waals surface area contributed by atoms with E-state index in [1.165, 1.54) is 0 Å². The third-order valence-corrected chi connectivity index (χ3v) is 4.98. The highest BCUT2D eigenvalue weighted by Gasteiger charge is 2.36. The largest absolute Gasteiger partial charge is 0.350 e. The molecule has 0 unspecified atom stereocenters. The first-order valence-electron chi connectivity index (χ1n) is 7.84. The second-order valence-corrected chi connectivity index (χ2v) is 6.95. The normalized spacial score (nSPS) is 27.0. The Morgan fingerprint density at radius 3 is 2.74 bits per heavy atom. The minimum atomic E-state index is -0.507. The van der Waals surface area contributed by atoms with E-state index < -0.39 is 6.04 Å². The molecule has 1 aliphatic heterocycles. The van der Waals surface area contributed by atoms with E-state index in [2.05, 4.69) is 16.0 Å². The summed E-state index contributed by atoms with van der Waals surface area (Å²) < 4.78 is 0. The fourth-order valence-electron chi connectivity index (χ4n) is 3.25. The Kier molecular flexibility index (Phi) is 5.09. The Hall–Kier alpha value is -1.30. The number of carbonyl (C=O) groups excluding carboxylic acids is 2. The molecular formula is C16H19Cl2N3O2. The molecule has 23 heavy (non-hydrogen) atoms. The molecule has 1 aromatic carbocycles. The molecule has 0 radical (unpaired) electrons. The Labute approximate surface area is 145 Å². The van der Waals surface area contributed by atoms with Gasteiger partial charge in [0.25, 0.3) is 0 Å². The summed E-state index contributed by atoms with van der Waals surface area (Å²) in [7, 11) is 0. The van der Waals surface area contributed by atoms with Crippen LogP contribution in [-0.2, 0) is 9.59 Å². The van der Waals surface area contributed by atoms with Crippen LogP contribution in [0.15, 0.2) is 18.2 Å². The molecule has 5 nitrogen and oxygen atoms in total. The van der Waals surface area contributed by atoms with Crippen molar-refractivity contribution in [2.45, 2.75) is 50.2 Å². The zero-order valence-corrected chi connectivity index (χ0v) is 14.1. The van der Waals surface area contributed by atoms with Crippen molar-refractivity contribution in [3.8, 4) is 0 Å². The first-order chi connectivity index (χ1) is 11.0. The molecule has 0 spiro atoms. The van der Waals surface area contributed by atoms with Crippen molar-refractivity contribution in [3.05, 3.63) is 28.2 Å². The van der Waals surface area contributed by atoms with Gasteiger partial charge in [0.2, 0.25) is 11.8 Å². The van der Waals surface area contributed by atoms with Gasteiger partial charge in [0.05, 0.1) is 23.2 Å². The second-order valence-electron chi connectivity index (χ2n) is 6.10. The number of anilines is 1. The molecule has 3 N–H and O–H groups in total. The molecule has 1 saturated carbocycles. The van der Waals surface area contributed by atoms with Crippen LogP contribution in [0.5, 0.6) is 0 Å². The summed E-state index contributed by atoms with van der Waals surface area (Å²) in [5, 5.41) is 9.96. The molecular weight excluding hydrogens is 337 g/mol. The maximum absolute atomic E-state index is 12.2. The molecule has 1 heterocycles. The van der Waals surface area contributed by atoms with E-state index in [4.69, 9.17) is 23.2 Å². The number of piperazine rings is 1. The number of nitrogens with one attached hydrogen (secondary N) is 3. The van der Waals surface area contributed by atoms with E-state index in [1.54, 1.807) is 18.2 Å². The van der Waals surface area contributed by atoms with E-state index >= 15 is 0 Å². The molecule has 1 aromatic rings. The predicted molar refractivity (Wildman–Crippen MR) is 90.8 cm³/mol. The lowest BCUT2D eigenvalue weighted by Gasteiger charge is -2.40. The summed E-state index contributed by atoms with van der Waals surface area (Å²) in [6, 6.07) is 4.81. The highest BCUT2D eigenvalue weighted by Crippen LogP contribution is 2.26. The van der Waals surface area contributed by atoms with Crippen molar-refractivity contribution in [1.29, 1.82) is 0 Å². The smallest absolute Gasteiger partial charge is 0.237 e. The number of hydrogen-bond acceptors (Lipinski definition) is 3. The third-order valence-electron chi connectivity index (χ3n) is 4.42. The van der Waals surface area contributed by atoms with Crippen LogP contribution in [-0.4, -0.2) is 29.9 Å². The molecule has 7 heteroatoms. The van der Waals surface area contributed by atoms with Crippen LogP contribution in [0.2, 0.25) is 10.0 Å². The summed E-state index contributed by atoms with van der Waals surface area (Å²) >= 11 is 11.9. The van der Waals surface area contributed by atoms with Crippen LogP contribution in [0, 0.1) is 0 Å². The van der Waals surface area contributed by atoms with Gasteiger partial charge in [-0.2, -0.15) is 0 Å². The van der Waals surface area contributed by atoms with Gasteiger partial charge < -0.3 is 16.0 Å². The molecule has 2 aliphatic rings. The van der Waals surface area contributed by atoms with E-state index in [9.17, 15) is 9.59 Å². The molecule has 3 rings (SSSR count). The van der Waals surface area contributed by atoms with Gasteiger partial charge in [0, 0.05) is 17.1 Å². The Morgan fingerprint density at radius 2 is 1.96 bits per heavy atom. The summed E-state index contributed by atoms with van der Waals surface area (Å²) in [5.74, 6) is -0.378. The van der Waals surface area contributed by atoms with Crippen molar-refractivity contribution in [3.63, 3.8) is 0 Å². The Balaban J connectivity index is 1.61. The monoisotopic (exact) mass is 355 g/mol. The van der Waals surface area contributed by atoms with Gasteiger partial charge in [-0.3, -0.25) is 9.59 Å². The fraction of sp³-hybridized carbons (Fsp3) is 0.500. The second kappa shape index (κ2) is 7.07. The lowest BCUT2D eigenvalue weighted by Crippen LogP contribution is -2.65. The summed E-state index contributed by atoms with van der Waals surface area (Å²) in [6.45, 7) is 0. The van der Waals surface area contributed by atoms with Gasteiger partial charge in [-0.15, -0.1) is 0 Å². The molecule has 0 bridgehead atoms. The SMILES string of the molecule is O=C(C[C@H]1N[C@H]2CCCC[C@H]2NC1=O)Nc1cc(Cl)ccc1Cl. The molecule has 1 saturated heterocycles. The Bertz CT molecular complexity index is 623. The van der Waals surface area contributed by atoms with Gasteiger partial charge in [-0.1, -0.05) is 36.0 Å². The first kappa shape index (κ1) is 16.6. The van der Waals surface area contributed by atoms with Gasteiger partial charge in [0.1, 0.15) is 0 Å². The topological polar surface area (TPSA) is 70.2 Å². The minimum absolute atomic E-state index is 0.0674. The first-order valence-corrected chi connectivity index (χ1v) is 8.60. The van der Waals surface area contributed by atoms with Crippen LogP contribution in [0.25, 0.3) is 0 Å². The average Bonchev–Trinajstić information content (AvgIpc) is 2.51. The zero-order chi connectivity index (χ0) is 16.4. The van der Waals surface area contributed by atoms with Crippen molar-refractivity contribution < 1.29 is 9.59 Å². The molecule has 124 valence electrons. The highest BCUT2D eigenvalue weighted by atomic mass is 35.5. The minimum Gasteiger partial charge on any atom is -0.350 e. The maximum atomic E-state index is 12.2. The van der Waals surface area contributed by atoms with Gasteiger partial charge >= 0.3 is 0 Å². The fourth-order valence-corrected chi connectivity index (χ4v) is 3.59. The number of hydrogen-bond donors (Lipinski definition) is 3. The van der Waals surface area contributed by atoms with Crippen LogP contribution in [0.1, 0.15) is 32.1 Å². The third kappa shape index (κ3) is 3.97. The van der Waals surface area contributed by atoms with Gasteiger partial charge in [-0.25, -0.2) is 0 Å². The molecule has 3 atom stereocenters. The molecule has 2 fully saturated rings. The van der Waals surface area contributed by atoms with Gasteiger partial charge in [0.15, 0.2) is 0 Å². The lowest BCUT2D eigenvalue weighted by molar-refractivity contribution is -0.129. The number of rotatable bonds is 3. The number of amides is 2. The van der Waals surface area contributed by atoms with Crippen molar-refractivity contribution in [2.24, 2.45) is 0 Å². The number of fused-ring (bicyclic) bond motifs is 1. The van der Waals surface area contributed by atoms with E-state index in [0.29, 0.717) is 15.7 Å². The predicted octanol–water partition coefficient (Wildman–Crippen LogP) is 2.72. The molecule has 0 aromatic heterocycles.